The highest BCUT2D eigenvalue weighted by molar-refractivity contribution is 5.92. The maximum absolute atomic E-state index is 12.6. The highest BCUT2D eigenvalue weighted by Gasteiger charge is 2.20. The van der Waals surface area contributed by atoms with Crippen LogP contribution >= 0.6 is 0 Å². The van der Waals surface area contributed by atoms with Crippen molar-refractivity contribution in [1.82, 2.24) is 20.2 Å². The van der Waals surface area contributed by atoms with Gasteiger partial charge in [0, 0.05) is 51.7 Å². The van der Waals surface area contributed by atoms with Crippen LogP contribution in [0.15, 0.2) is 18.6 Å². The zero-order chi connectivity index (χ0) is 17.9. The second-order valence-corrected chi connectivity index (χ2v) is 6.38. The van der Waals surface area contributed by atoms with Crippen LogP contribution in [0.25, 0.3) is 0 Å². The summed E-state index contributed by atoms with van der Waals surface area (Å²) in [6.45, 7) is 1.47. The molecule has 1 heterocycles. The molecule has 1 aromatic rings. The molecule has 2 amide bonds. The monoisotopic (exact) mass is 348 g/mol. The van der Waals surface area contributed by atoms with Crippen LogP contribution in [0.1, 0.15) is 55.4 Å². The van der Waals surface area contributed by atoms with Crippen molar-refractivity contribution in [2.75, 3.05) is 26.8 Å². The van der Waals surface area contributed by atoms with E-state index in [1.165, 1.54) is 37.9 Å². The molecule has 1 saturated carbocycles. The molecule has 0 spiro atoms. The first-order valence-electron chi connectivity index (χ1n) is 9.04. The van der Waals surface area contributed by atoms with Gasteiger partial charge in [-0.05, 0) is 19.3 Å². The van der Waals surface area contributed by atoms with E-state index < -0.39 is 0 Å². The predicted octanol–water partition coefficient (Wildman–Crippen LogP) is 1.79. The van der Waals surface area contributed by atoms with Gasteiger partial charge in [-0.1, -0.05) is 19.3 Å². The van der Waals surface area contributed by atoms with E-state index >= 15 is 0 Å². The summed E-state index contributed by atoms with van der Waals surface area (Å²) < 4.78 is 5.06. The number of nitrogens with zero attached hydrogens (tertiary/aromatic N) is 3. The minimum absolute atomic E-state index is 0.00980. The maximum atomic E-state index is 12.6. The van der Waals surface area contributed by atoms with Crippen molar-refractivity contribution in [2.24, 2.45) is 0 Å². The molecule has 7 heteroatoms. The molecule has 1 aliphatic rings. The molecule has 0 bridgehead atoms. The van der Waals surface area contributed by atoms with Gasteiger partial charge in [0.2, 0.25) is 5.91 Å². The Bertz CT molecular complexity index is 532. The van der Waals surface area contributed by atoms with E-state index in [1.54, 1.807) is 12.0 Å². The minimum Gasteiger partial charge on any atom is -0.385 e. The summed E-state index contributed by atoms with van der Waals surface area (Å²) in [5, 5.41) is 3.09. The summed E-state index contributed by atoms with van der Waals surface area (Å²) >= 11 is 0. The highest BCUT2D eigenvalue weighted by atomic mass is 16.5. The fourth-order valence-corrected chi connectivity index (χ4v) is 3.07. The normalized spacial score (nSPS) is 14.9. The van der Waals surface area contributed by atoms with Crippen LogP contribution in [0, 0.1) is 0 Å². The summed E-state index contributed by atoms with van der Waals surface area (Å²) in [5.74, 6) is -0.190. The number of carbonyl (C=O) groups excluding carboxylic acids is 2. The average Bonchev–Trinajstić information content (AvgIpc) is 2.65. The van der Waals surface area contributed by atoms with Crippen molar-refractivity contribution in [3.63, 3.8) is 0 Å². The van der Waals surface area contributed by atoms with Gasteiger partial charge in [-0.25, -0.2) is 4.98 Å². The molecule has 0 radical (unpaired) electrons. The van der Waals surface area contributed by atoms with Crippen molar-refractivity contribution in [3.05, 3.63) is 24.3 Å². The van der Waals surface area contributed by atoms with Gasteiger partial charge in [-0.15, -0.1) is 0 Å². The molecule has 25 heavy (non-hydrogen) atoms. The first kappa shape index (κ1) is 19.3. The third-order valence-electron chi connectivity index (χ3n) is 4.43. The van der Waals surface area contributed by atoms with Crippen molar-refractivity contribution >= 4 is 11.8 Å². The van der Waals surface area contributed by atoms with E-state index in [0.717, 1.165) is 12.8 Å². The molecule has 138 valence electrons. The molecule has 0 unspecified atom stereocenters. The van der Waals surface area contributed by atoms with Crippen LogP contribution in [0.3, 0.4) is 0 Å². The van der Waals surface area contributed by atoms with E-state index in [2.05, 4.69) is 15.3 Å². The summed E-state index contributed by atoms with van der Waals surface area (Å²) in [6, 6.07) is 0.291. The van der Waals surface area contributed by atoms with Crippen LogP contribution in [-0.4, -0.2) is 59.5 Å². The second kappa shape index (κ2) is 10.8. The molecule has 1 aliphatic carbocycles. The van der Waals surface area contributed by atoms with Gasteiger partial charge < -0.3 is 15.0 Å². The number of rotatable bonds is 9. The van der Waals surface area contributed by atoms with Gasteiger partial charge in [0.05, 0.1) is 6.20 Å². The topological polar surface area (TPSA) is 84.4 Å². The molecular weight excluding hydrogens is 320 g/mol. The van der Waals surface area contributed by atoms with Crippen molar-refractivity contribution in [2.45, 2.75) is 51.0 Å². The van der Waals surface area contributed by atoms with E-state index in [4.69, 9.17) is 4.74 Å². The first-order valence-corrected chi connectivity index (χ1v) is 9.04. The quantitative estimate of drug-likeness (QED) is 0.688. The maximum Gasteiger partial charge on any atom is 0.274 e. The Balaban J connectivity index is 1.86. The number of hydrogen-bond acceptors (Lipinski definition) is 5. The van der Waals surface area contributed by atoms with Crippen LogP contribution in [0.2, 0.25) is 0 Å². The number of carbonyl (C=O) groups is 2. The second-order valence-electron chi connectivity index (χ2n) is 6.38. The zero-order valence-electron chi connectivity index (χ0n) is 14.9. The summed E-state index contributed by atoms with van der Waals surface area (Å²) in [5.41, 5.74) is 0.299. The Hall–Kier alpha value is -2.02. The lowest BCUT2D eigenvalue weighted by molar-refractivity contribution is -0.122. The van der Waals surface area contributed by atoms with Gasteiger partial charge in [-0.3, -0.25) is 14.6 Å². The van der Waals surface area contributed by atoms with E-state index in [1.807, 2.05) is 0 Å². The van der Waals surface area contributed by atoms with Gasteiger partial charge in [0.25, 0.3) is 5.91 Å². The molecule has 1 fully saturated rings. The predicted molar refractivity (Wildman–Crippen MR) is 94.1 cm³/mol. The Morgan fingerprint density at radius 3 is 2.72 bits per heavy atom. The third-order valence-corrected chi connectivity index (χ3v) is 4.43. The fourth-order valence-electron chi connectivity index (χ4n) is 3.07. The lowest BCUT2D eigenvalue weighted by atomic mass is 9.95. The largest absolute Gasteiger partial charge is 0.385 e. The number of hydrogen-bond donors (Lipinski definition) is 1. The molecule has 2 rings (SSSR count). The van der Waals surface area contributed by atoms with Crippen LogP contribution < -0.4 is 5.32 Å². The smallest absolute Gasteiger partial charge is 0.274 e. The zero-order valence-corrected chi connectivity index (χ0v) is 14.9. The van der Waals surface area contributed by atoms with Crippen molar-refractivity contribution in [1.29, 1.82) is 0 Å². The van der Waals surface area contributed by atoms with Crippen LogP contribution in [0.5, 0.6) is 0 Å². The van der Waals surface area contributed by atoms with Gasteiger partial charge in [-0.2, -0.15) is 0 Å². The number of nitrogens with one attached hydrogen (secondary N) is 1. The molecule has 0 aromatic carbocycles. The molecule has 1 N–H and O–H groups in total. The lowest BCUT2D eigenvalue weighted by Crippen LogP contribution is -2.40. The fraction of sp³-hybridized carbons (Fsp3) is 0.667. The summed E-state index contributed by atoms with van der Waals surface area (Å²) in [4.78, 5) is 34.5. The Morgan fingerprint density at radius 1 is 1.24 bits per heavy atom. The lowest BCUT2D eigenvalue weighted by Gasteiger charge is -2.25. The molecular formula is C18H28N4O3. The van der Waals surface area contributed by atoms with Crippen molar-refractivity contribution in [3.8, 4) is 0 Å². The van der Waals surface area contributed by atoms with E-state index in [9.17, 15) is 9.59 Å². The molecule has 1 aromatic heterocycles. The minimum atomic E-state index is -0.199. The number of amides is 2. The third kappa shape index (κ3) is 6.78. The van der Waals surface area contributed by atoms with Crippen LogP contribution in [-0.2, 0) is 9.53 Å². The number of aromatic nitrogens is 2. The van der Waals surface area contributed by atoms with Crippen LogP contribution in [0.4, 0.5) is 0 Å². The van der Waals surface area contributed by atoms with E-state index in [-0.39, 0.29) is 11.8 Å². The summed E-state index contributed by atoms with van der Waals surface area (Å²) in [7, 11) is 1.63. The van der Waals surface area contributed by atoms with Gasteiger partial charge >= 0.3 is 0 Å². The number of ether oxygens (including phenoxy) is 1. The van der Waals surface area contributed by atoms with Gasteiger partial charge in [0.1, 0.15) is 5.69 Å². The van der Waals surface area contributed by atoms with Crippen molar-refractivity contribution < 1.29 is 14.3 Å². The molecule has 0 atom stereocenters. The molecule has 0 aliphatic heterocycles. The highest BCUT2D eigenvalue weighted by Crippen LogP contribution is 2.17. The molecule has 7 nitrogen and oxygen atoms in total. The van der Waals surface area contributed by atoms with Gasteiger partial charge in [0.15, 0.2) is 0 Å². The molecule has 0 saturated heterocycles. The first-order chi connectivity index (χ1) is 12.2. The standard InChI is InChI=1S/C18H28N4O3/c1-25-13-5-11-22(18(24)16-14-19-9-10-20-16)12-8-17(23)21-15-6-3-2-4-7-15/h9-10,14-15H,2-8,11-13H2,1H3,(H,21,23). The Labute approximate surface area is 149 Å². The summed E-state index contributed by atoms with van der Waals surface area (Å²) in [6.07, 6.45) is 11.2. The SMILES string of the molecule is COCCCN(CCC(=O)NC1CCCCC1)C(=O)c1cnccn1. The Morgan fingerprint density at radius 2 is 2.04 bits per heavy atom. The average molecular weight is 348 g/mol. The number of methoxy groups -OCH3 is 1. The van der Waals surface area contributed by atoms with E-state index in [0.29, 0.717) is 44.3 Å². The Kier molecular flexibility index (Phi) is 8.31.